The molecule has 2 aliphatic heterocycles. The van der Waals surface area contributed by atoms with Crippen LogP contribution < -0.4 is 17.0 Å². The molecule has 2 atom stereocenters. The van der Waals surface area contributed by atoms with E-state index in [9.17, 15) is 67.9 Å². The van der Waals surface area contributed by atoms with Gasteiger partial charge in [-0.05, 0) is 48.2 Å². The number of alkyl halides is 8. The number of amides is 2. The second-order valence-electron chi connectivity index (χ2n) is 14.9. The van der Waals surface area contributed by atoms with Crippen molar-refractivity contribution in [1.29, 1.82) is 0 Å². The summed E-state index contributed by atoms with van der Waals surface area (Å²) in [4.78, 5) is 65.5. The van der Waals surface area contributed by atoms with Gasteiger partial charge in [-0.15, -0.1) is 35.1 Å². The van der Waals surface area contributed by atoms with E-state index in [1.165, 1.54) is 33.0 Å². The predicted octanol–water partition coefficient (Wildman–Crippen LogP) is 8.29. The van der Waals surface area contributed by atoms with Gasteiger partial charge in [-0.3, -0.25) is 24.0 Å². The van der Waals surface area contributed by atoms with Crippen molar-refractivity contribution in [1.82, 2.24) is 18.9 Å². The van der Waals surface area contributed by atoms with Crippen LogP contribution in [0.5, 0.6) is 0 Å². The number of fused-ring (bicyclic) bond motifs is 2. The van der Waals surface area contributed by atoms with Crippen LogP contribution in [0.3, 0.4) is 0 Å². The van der Waals surface area contributed by atoms with Gasteiger partial charge in [-0.25, -0.2) is 23.5 Å². The number of carbonyl (C=O) groups is 3. The van der Waals surface area contributed by atoms with E-state index in [-0.39, 0.29) is 100 Å². The third-order valence-electron chi connectivity index (χ3n) is 10.7. The second-order valence-corrected chi connectivity index (χ2v) is 16.7. The van der Waals surface area contributed by atoms with Crippen LogP contribution >= 0.6 is 35.1 Å². The van der Waals surface area contributed by atoms with Crippen molar-refractivity contribution in [3.05, 3.63) is 114 Å². The van der Waals surface area contributed by atoms with Crippen molar-refractivity contribution >= 4 is 79.6 Å². The Hall–Kier alpha value is -6.15. The van der Waals surface area contributed by atoms with Gasteiger partial charge in [0, 0.05) is 58.5 Å². The summed E-state index contributed by atoms with van der Waals surface area (Å²) in [7, 11) is 0. The molecule has 26 heteroatoms. The van der Waals surface area contributed by atoms with Gasteiger partial charge in [0.2, 0.25) is 11.8 Å². The number of oxime groups is 1. The van der Waals surface area contributed by atoms with E-state index < -0.39 is 83.5 Å². The molecule has 6 aromatic rings. The Kier molecular flexibility index (Phi) is 16.6. The Morgan fingerprint density at radius 1 is 0.721 bits per heavy atom. The maximum absolute atomic E-state index is 13.8. The average Bonchev–Trinajstić information content (AvgIpc) is 4.11. The number of pyridine rings is 2. The molecule has 0 aliphatic carbocycles. The maximum atomic E-state index is 13.8. The molecule has 6 heterocycles. The molecule has 2 aliphatic rings. The lowest BCUT2D eigenvalue weighted by atomic mass is 10.0. The summed E-state index contributed by atoms with van der Waals surface area (Å²) < 4.78 is 136. The highest BCUT2D eigenvalue weighted by atomic mass is 35.5. The zero-order valence-corrected chi connectivity index (χ0v) is 36.9. The first-order chi connectivity index (χ1) is 31.7. The molecule has 0 spiro atoms. The number of halogens is 11. The lowest BCUT2D eigenvalue weighted by Crippen LogP contribution is -2.35. The molecule has 4 N–H and O–H groups in total. The number of benzene rings is 2. The molecule has 0 bridgehead atoms. The number of nitrogens with zero attached hydrogens (tertiary/aromatic N) is 5. The van der Waals surface area contributed by atoms with Crippen molar-refractivity contribution in [2.45, 2.75) is 50.6 Å². The summed E-state index contributed by atoms with van der Waals surface area (Å²) >= 11 is 2.01. The van der Waals surface area contributed by atoms with E-state index in [0.717, 1.165) is 50.2 Å². The number of aldehydes is 1. The van der Waals surface area contributed by atoms with E-state index in [0.29, 0.717) is 35.3 Å². The first kappa shape index (κ1) is 52.8. The summed E-state index contributed by atoms with van der Waals surface area (Å²) in [5, 5.41) is 21.3. The molecule has 2 saturated heterocycles. The maximum Gasteiger partial charge on any atom is 0.419 e. The fourth-order valence-corrected chi connectivity index (χ4v) is 9.61. The summed E-state index contributed by atoms with van der Waals surface area (Å²) in [6.45, 7) is -0.635. The third kappa shape index (κ3) is 11.1. The van der Waals surface area contributed by atoms with E-state index in [4.69, 9.17) is 10.4 Å². The van der Waals surface area contributed by atoms with Crippen LogP contribution in [0, 0.1) is 11.6 Å². The molecule has 2 fully saturated rings. The van der Waals surface area contributed by atoms with Gasteiger partial charge in [0.15, 0.2) is 6.29 Å². The van der Waals surface area contributed by atoms with Gasteiger partial charge in [0.25, 0.3) is 11.1 Å². The lowest BCUT2D eigenvalue weighted by molar-refractivity contribution is -0.140. The molecule has 364 valence electrons. The van der Waals surface area contributed by atoms with Crippen molar-refractivity contribution in [3.63, 3.8) is 0 Å². The second kappa shape index (κ2) is 21.4. The third-order valence-corrected chi connectivity index (χ3v) is 12.8. The molecule has 2 unspecified atom stereocenters. The molecule has 0 saturated carbocycles. The fraction of sp³-hybridized carbons (Fsp3) is 0.286. The number of aromatic nitrogens is 2. The van der Waals surface area contributed by atoms with Gasteiger partial charge >= 0.3 is 12.4 Å². The Balaban J connectivity index is 0.000000242. The number of carbonyl (C=O) groups excluding carboxylic acids is 3. The monoisotopic (exact) mass is 1020 g/mol. The zero-order chi connectivity index (χ0) is 49.1. The zero-order valence-electron chi connectivity index (χ0n) is 34.5. The highest BCUT2D eigenvalue weighted by molar-refractivity contribution is 7.18. The van der Waals surface area contributed by atoms with Crippen LogP contribution in [-0.2, 0) is 35.0 Å². The predicted molar refractivity (Wildman–Crippen MR) is 233 cm³/mol. The average molecular weight is 1030 g/mol. The lowest BCUT2D eigenvalue weighted by Gasteiger charge is -2.16. The Bertz CT molecular complexity index is 3010. The highest BCUT2D eigenvalue weighted by Crippen LogP contribution is 2.40. The molecular formula is C42H35ClF10N6O7S2. The smallest absolute Gasteiger partial charge is 0.411 e. The number of hydrogen-bond donors (Lipinski definition) is 3. The van der Waals surface area contributed by atoms with Crippen LogP contribution in [0.4, 0.5) is 43.9 Å². The molecule has 13 nitrogen and oxygen atoms in total. The van der Waals surface area contributed by atoms with Gasteiger partial charge in [0.05, 0.1) is 50.6 Å². The SMILES string of the molecule is Cl.NO.O=C(Cn1cc(/C=N/O)c2scc(-c3ccc(F)c(C(F)(F)F)c3)c2c1=O)N1CCC(F)C1.O=Cc1cn(CC(=O)N2CCC(F)C2)c(=O)c2c(-c3ccc(F)c(C(F)(F)F)c3)csc12. The number of hydrogen-bond acceptors (Lipinski definition) is 11. The molecule has 68 heavy (non-hydrogen) atoms. The fourth-order valence-electron chi connectivity index (χ4n) is 7.52. The van der Waals surface area contributed by atoms with E-state index >= 15 is 0 Å². The Labute approximate surface area is 390 Å². The van der Waals surface area contributed by atoms with Crippen LogP contribution in [0.1, 0.15) is 39.9 Å². The van der Waals surface area contributed by atoms with Gasteiger partial charge in [-0.1, -0.05) is 17.3 Å². The number of rotatable bonds is 8. The van der Waals surface area contributed by atoms with Crippen molar-refractivity contribution in [3.8, 4) is 22.3 Å². The first-order valence-electron chi connectivity index (χ1n) is 19.5. The topological polar surface area (TPSA) is 181 Å². The molecular weight excluding hydrogens is 990 g/mol. The molecule has 0 radical (unpaired) electrons. The number of likely N-dealkylation sites (tertiary alicyclic amines) is 2. The largest absolute Gasteiger partial charge is 0.419 e. The van der Waals surface area contributed by atoms with Gasteiger partial charge in [-0.2, -0.15) is 26.3 Å². The minimum absolute atomic E-state index is 0. The highest BCUT2D eigenvalue weighted by Gasteiger charge is 2.36. The summed E-state index contributed by atoms with van der Waals surface area (Å²) in [5.74, 6) is -0.407. The van der Waals surface area contributed by atoms with Crippen molar-refractivity contribution in [2.75, 3.05) is 26.2 Å². The minimum atomic E-state index is -4.93. The van der Waals surface area contributed by atoms with Crippen LogP contribution in [0.15, 0.2) is 74.3 Å². The minimum Gasteiger partial charge on any atom is -0.411 e. The summed E-state index contributed by atoms with van der Waals surface area (Å²) in [6, 6.07) is 4.78. The quantitative estimate of drug-likeness (QED) is 0.0448. The molecule has 4 aromatic heterocycles. The molecule has 2 aromatic carbocycles. The van der Waals surface area contributed by atoms with Crippen LogP contribution in [0.2, 0.25) is 0 Å². The van der Waals surface area contributed by atoms with Gasteiger partial charge < -0.3 is 29.3 Å². The van der Waals surface area contributed by atoms with Crippen LogP contribution in [0.25, 0.3) is 42.4 Å². The Morgan fingerprint density at radius 2 is 1.12 bits per heavy atom. The summed E-state index contributed by atoms with van der Waals surface area (Å²) in [6.07, 6.45) is -7.77. The molecule has 8 rings (SSSR count). The van der Waals surface area contributed by atoms with Crippen molar-refractivity contribution in [2.24, 2.45) is 11.1 Å². The van der Waals surface area contributed by atoms with E-state index in [1.54, 1.807) is 0 Å². The van der Waals surface area contributed by atoms with Crippen molar-refractivity contribution < 1.29 is 68.7 Å². The standard InChI is InChI=1S/C21H16F5N3O3S.C21H15F5N2O3S.ClH.H3NO/c22-13-3-4-28(8-13)17(30)9-29-7-12(6-27-32)19-18(20(29)31)14(10-33-19)11-1-2-16(23)15(5-11)21(24,25)26;22-13-3-4-27(7-13)17(30)8-28-6-12(9-29)19-18(20(28)31)14(10-32-19)11-1-2-16(23)15(5-11)21(24,25)26;;1-2/h1-2,5-7,10,13,32H,3-4,8-9H2;1-2,5-6,9-10,13H,3-4,7-8H2;1H;2H,1H2/b27-6+;;;. The summed E-state index contributed by atoms with van der Waals surface area (Å²) in [5.41, 5.74) is -3.87. The number of nitrogens with two attached hydrogens (primary N) is 1. The number of thiophene rings is 2. The molecule has 2 amide bonds. The van der Waals surface area contributed by atoms with E-state index in [1.807, 2.05) is 0 Å². The van der Waals surface area contributed by atoms with Crippen LogP contribution in [-0.4, -0.2) is 92.2 Å². The normalized spacial score (nSPS) is 16.1. The van der Waals surface area contributed by atoms with E-state index in [2.05, 4.69) is 11.1 Å². The Morgan fingerprint density at radius 3 is 1.47 bits per heavy atom. The van der Waals surface area contributed by atoms with Gasteiger partial charge in [0.1, 0.15) is 37.1 Å². The first-order valence-corrected chi connectivity index (χ1v) is 21.2.